The van der Waals surface area contributed by atoms with E-state index in [1.165, 1.54) is 12.1 Å². The van der Waals surface area contributed by atoms with Crippen molar-refractivity contribution >= 4 is 21.6 Å². The third kappa shape index (κ3) is 4.10. The molecule has 1 atom stereocenters. The van der Waals surface area contributed by atoms with E-state index in [1.54, 1.807) is 32.0 Å². The Hall–Kier alpha value is -1.34. The highest BCUT2D eigenvalue weighted by Crippen LogP contribution is 2.23. The summed E-state index contributed by atoms with van der Waals surface area (Å²) in [6.07, 6.45) is -0.529. The van der Waals surface area contributed by atoms with Crippen LogP contribution >= 0.6 is 11.6 Å². The first kappa shape index (κ1) is 17.0. The van der Waals surface area contributed by atoms with Gasteiger partial charge in [-0.05, 0) is 44.5 Å². The van der Waals surface area contributed by atoms with E-state index in [9.17, 15) is 13.5 Å². The van der Waals surface area contributed by atoms with Crippen LogP contribution in [0.15, 0.2) is 39.6 Å². The Labute approximate surface area is 135 Å². The number of aliphatic hydroxyl groups is 1. The van der Waals surface area contributed by atoms with Crippen LogP contribution in [0, 0.1) is 13.8 Å². The van der Waals surface area contributed by atoms with Crippen LogP contribution in [0.4, 0.5) is 0 Å². The number of aryl methyl sites for hydroxylation is 2. The third-order valence-corrected chi connectivity index (χ3v) is 4.95. The van der Waals surface area contributed by atoms with Crippen LogP contribution in [0.1, 0.15) is 29.6 Å². The highest BCUT2D eigenvalue weighted by Gasteiger charge is 2.17. The molecule has 0 spiro atoms. The number of benzene rings is 1. The Morgan fingerprint density at radius 3 is 2.64 bits per heavy atom. The predicted molar refractivity (Wildman–Crippen MR) is 84.4 cm³/mol. The maximum Gasteiger partial charge on any atom is 0.240 e. The number of hydrogen-bond donors (Lipinski definition) is 2. The van der Waals surface area contributed by atoms with E-state index in [0.29, 0.717) is 22.1 Å². The van der Waals surface area contributed by atoms with Crippen LogP contribution in [-0.2, 0) is 10.0 Å². The molecule has 0 aliphatic rings. The van der Waals surface area contributed by atoms with Gasteiger partial charge < -0.3 is 9.52 Å². The fraction of sp³-hybridized carbons (Fsp3) is 0.333. The van der Waals surface area contributed by atoms with Gasteiger partial charge in [0.1, 0.15) is 11.5 Å². The molecule has 0 bridgehead atoms. The molecule has 0 fully saturated rings. The second kappa shape index (κ2) is 6.83. The molecule has 7 heteroatoms. The number of sulfonamides is 1. The number of aliphatic hydroxyl groups excluding tert-OH is 1. The molecule has 1 heterocycles. The van der Waals surface area contributed by atoms with Crippen LogP contribution in [-0.4, -0.2) is 20.1 Å². The van der Waals surface area contributed by atoms with Gasteiger partial charge in [-0.15, -0.1) is 0 Å². The van der Waals surface area contributed by atoms with Gasteiger partial charge >= 0.3 is 0 Å². The summed E-state index contributed by atoms with van der Waals surface area (Å²) in [4.78, 5) is 0.102. The minimum absolute atomic E-state index is 0.102. The van der Waals surface area contributed by atoms with Crippen molar-refractivity contribution < 1.29 is 17.9 Å². The number of halogens is 1. The molecule has 0 saturated heterocycles. The van der Waals surface area contributed by atoms with Gasteiger partial charge in [-0.1, -0.05) is 17.7 Å². The van der Waals surface area contributed by atoms with Gasteiger partial charge in [0.2, 0.25) is 10.0 Å². The van der Waals surface area contributed by atoms with Crippen molar-refractivity contribution in [2.24, 2.45) is 0 Å². The summed E-state index contributed by atoms with van der Waals surface area (Å²) in [5.41, 5.74) is 0.680. The molecule has 22 heavy (non-hydrogen) atoms. The Bertz CT molecular complexity index is 755. The van der Waals surface area contributed by atoms with E-state index in [2.05, 4.69) is 4.72 Å². The van der Waals surface area contributed by atoms with Crippen LogP contribution in [0.25, 0.3) is 0 Å². The molecule has 2 N–H and O–H groups in total. The van der Waals surface area contributed by atoms with E-state index in [-0.39, 0.29) is 17.9 Å². The van der Waals surface area contributed by atoms with Crippen LogP contribution < -0.4 is 4.72 Å². The molecule has 5 nitrogen and oxygen atoms in total. The normalized spacial score (nSPS) is 13.3. The van der Waals surface area contributed by atoms with Gasteiger partial charge in [0.05, 0.1) is 11.0 Å². The summed E-state index contributed by atoms with van der Waals surface area (Å²) < 4.78 is 32.0. The van der Waals surface area contributed by atoms with Crippen molar-refractivity contribution in [3.05, 3.63) is 52.4 Å². The maximum atomic E-state index is 12.1. The molecule has 0 aliphatic heterocycles. The fourth-order valence-corrected chi connectivity index (χ4v) is 3.53. The minimum Gasteiger partial charge on any atom is -0.466 e. The Kier molecular flexibility index (Phi) is 5.28. The number of furan rings is 1. The molecule has 2 aromatic rings. The van der Waals surface area contributed by atoms with E-state index in [1.807, 2.05) is 0 Å². The summed E-state index contributed by atoms with van der Waals surface area (Å²) in [5.74, 6) is 1.36. The quantitative estimate of drug-likeness (QED) is 0.845. The average Bonchev–Trinajstić information content (AvgIpc) is 2.77. The lowest BCUT2D eigenvalue weighted by atomic mass is 10.1. The Morgan fingerprint density at radius 1 is 1.32 bits per heavy atom. The zero-order valence-corrected chi connectivity index (χ0v) is 13.9. The lowest BCUT2D eigenvalue weighted by molar-refractivity contribution is 0.167. The Balaban J connectivity index is 1.97. The first-order valence-corrected chi connectivity index (χ1v) is 8.66. The Morgan fingerprint density at radius 2 is 2.05 bits per heavy atom. The van der Waals surface area contributed by atoms with Gasteiger partial charge in [0.15, 0.2) is 0 Å². The molecular weight excluding hydrogens is 326 g/mol. The largest absolute Gasteiger partial charge is 0.466 e. The van der Waals surface area contributed by atoms with E-state index in [4.69, 9.17) is 16.0 Å². The lowest BCUT2D eigenvalue weighted by Gasteiger charge is -2.11. The van der Waals surface area contributed by atoms with Crippen molar-refractivity contribution in [2.75, 3.05) is 6.54 Å². The van der Waals surface area contributed by atoms with Gasteiger partial charge in [-0.25, -0.2) is 13.1 Å². The molecule has 120 valence electrons. The topological polar surface area (TPSA) is 79.5 Å². The maximum absolute atomic E-state index is 12.1. The molecule has 2 rings (SSSR count). The molecule has 1 unspecified atom stereocenters. The summed E-state index contributed by atoms with van der Waals surface area (Å²) in [5, 5.41) is 10.5. The highest BCUT2D eigenvalue weighted by atomic mass is 35.5. The second-order valence-corrected chi connectivity index (χ2v) is 7.23. The molecular formula is C15H18ClNO4S. The van der Waals surface area contributed by atoms with Gasteiger partial charge in [0, 0.05) is 17.1 Å². The SMILES string of the molecule is Cc1cc(C(O)CCNS(=O)(=O)c2cccc(Cl)c2)c(C)o1. The smallest absolute Gasteiger partial charge is 0.240 e. The van der Waals surface area contributed by atoms with Crippen molar-refractivity contribution in [1.29, 1.82) is 0 Å². The highest BCUT2D eigenvalue weighted by molar-refractivity contribution is 7.89. The summed E-state index contributed by atoms with van der Waals surface area (Å²) in [6.45, 7) is 3.67. The van der Waals surface area contributed by atoms with Crippen molar-refractivity contribution in [1.82, 2.24) is 4.72 Å². The van der Waals surface area contributed by atoms with Crippen LogP contribution in [0.2, 0.25) is 5.02 Å². The molecule has 0 aliphatic carbocycles. The van der Waals surface area contributed by atoms with Crippen LogP contribution in [0.5, 0.6) is 0 Å². The molecule has 1 aromatic carbocycles. The standard InChI is InChI=1S/C15H18ClNO4S/c1-10-8-14(11(2)21-10)15(18)6-7-17-22(19,20)13-5-3-4-12(16)9-13/h3-5,8-9,15,17-18H,6-7H2,1-2H3. The van der Waals surface area contributed by atoms with Gasteiger partial charge in [-0.3, -0.25) is 0 Å². The summed E-state index contributed by atoms with van der Waals surface area (Å²) in [7, 11) is -3.63. The van der Waals surface area contributed by atoms with Gasteiger partial charge in [0.25, 0.3) is 0 Å². The van der Waals surface area contributed by atoms with Crippen molar-refractivity contribution in [3.8, 4) is 0 Å². The molecule has 0 radical (unpaired) electrons. The van der Waals surface area contributed by atoms with E-state index in [0.717, 1.165) is 0 Å². The fourth-order valence-electron chi connectivity index (χ4n) is 2.18. The van der Waals surface area contributed by atoms with E-state index < -0.39 is 16.1 Å². The zero-order chi connectivity index (χ0) is 16.3. The van der Waals surface area contributed by atoms with E-state index >= 15 is 0 Å². The van der Waals surface area contributed by atoms with Crippen molar-refractivity contribution in [2.45, 2.75) is 31.3 Å². The number of nitrogens with one attached hydrogen (secondary N) is 1. The first-order chi connectivity index (χ1) is 10.3. The summed E-state index contributed by atoms with van der Waals surface area (Å²) in [6, 6.07) is 7.78. The molecule has 1 aromatic heterocycles. The molecule has 0 saturated carbocycles. The average molecular weight is 344 g/mol. The number of hydrogen-bond acceptors (Lipinski definition) is 4. The lowest BCUT2D eigenvalue weighted by Crippen LogP contribution is -2.26. The summed E-state index contributed by atoms with van der Waals surface area (Å²) >= 11 is 5.79. The minimum atomic E-state index is -3.63. The first-order valence-electron chi connectivity index (χ1n) is 6.80. The number of rotatable bonds is 6. The van der Waals surface area contributed by atoms with Crippen LogP contribution in [0.3, 0.4) is 0 Å². The van der Waals surface area contributed by atoms with Crippen molar-refractivity contribution in [3.63, 3.8) is 0 Å². The third-order valence-electron chi connectivity index (χ3n) is 3.25. The zero-order valence-electron chi connectivity index (χ0n) is 12.3. The monoisotopic (exact) mass is 343 g/mol. The predicted octanol–water partition coefficient (Wildman–Crippen LogP) is 2.95. The van der Waals surface area contributed by atoms with Gasteiger partial charge in [-0.2, -0.15) is 0 Å². The second-order valence-electron chi connectivity index (χ2n) is 5.03. The molecule has 0 amide bonds.